The molecule has 1 aliphatic heterocycles. The highest BCUT2D eigenvalue weighted by molar-refractivity contribution is 6.31. The Morgan fingerprint density at radius 2 is 1.91 bits per heavy atom. The average molecular weight is 342 g/mol. The third-order valence-corrected chi connectivity index (χ3v) is 4.23. The Kier molecular flexibility index (Phi) is 5.87. The molecule has 2 amide bonds. The van der Waals surface area contributed by atoms with Crippen LogP contribution in [0.25, 0.3) is 0 Å². The first-order chi connectivity index (χ1) is 10.8. The molecular weight excluding hydrogens is 317 g/mol. The minimum absolute atomic E-state index is 0.0245. The van der Waals surface area contributed by atoms with Crippen molar-refractivity contribution in [2.24, 2.45) is 5.41 Å². The van der Waals surface area contributed by atoms with E-state index in [1.165, 1.54) is 6.07 Å². The molecule has 1 heterocycles. The quantitative estimate of drug-likeness (QED) is 0.915. The van der Waals surface area contributed by atoms with Crippen molar-refractivity contribution in [2.75, 3.05) is 32.7 Å². The van der Waals surface area contributed by atoms with Gasteiger partial charge >= 0.3 is 6.03 Å². The number of halogens is 2. The van der Waals surface area contributed by atoms with E-state index >= 15 is 0 Å². The highest BCUT2D eigenvalue weighted by Crippen LogP contribution is 2.21. The van der Waals surface area contributed by atoms with Crippen LogP contribution in [0.2, 0.25) is 5.02 Å². The Labute approximate surface area is 142 Å². The van der Waals surface area contributed by atoms with Crippen molar-refractivity contribution in [1.29, 1.82) is 0 Å². The predicted molar refractivity (Wildman–Crippen MR) is 91.1 cm³/mol. The molecular formula is C17H25ClFN3O. The molecule has 1 N–H and O–H groups in total. The fraction of sp³-hybridized carbons (Fsp3) is 0.588. The normalized spacial score (nSPS) is 16.5. The van der Waals surface area contributed by atoms with Gasteiger partial charge in [-0.3, -0.25) is 4.90 Å². The van der Waals surface area contributed by atoms with E-state index in [9.17, 15) is 9.18 Å². The number of nitrogens with zero attached hydrogens (tertiary/aromatic N) is 2. The van der Waals surface area contributed by atoms with Crippen molar-refractivity contribution in [3.05, 3.63) is 34.6 Å². The average Bonchev–Trinajstić information content (AvgIpc) is 2.49. The Morgan fingerprint density at radius 1 is 1.26 bits per heavy atom. The van der Waals surface area contributed by atoms with Gasteiger partial charge in [-0.1, -0.05) is 38.4 Å². The maximum Gasteiger partial charge on any atom is 0.317 e. The van der Waals surface area contributed by atoms with Crippen LogP contribution in [0.3, 0.4) is 0 Å². The number of hydrogen-bond donors (Lipinski definition) is 1. The zero-order valence-electron chi connectivity index (χ0n) is 14.0. The Hall–Kier alpha value is -1.33. The van der Waals surface area contributed by atoms with Gasteiger partial charge in [0.2, 0.25) is 0 Å². The number of carbonyl (C=O) groups is 1. The summed E-state index contributed by atoms with van der Waals surface area (Å²) in [6, 6.07) is 4.72. The summed E-state index contributed by atoms with van der Waals surface area (Å²) in [6.07, 6.45) is 0. The first kappa shape index (κ1) is 18.0. The second-order valence-corrected chi connectivity index (χ2v) is 7.59. The largest absolute Gasteiger partial charge is 0.337 e. The standard InChI is InChI=1S/C17H25ClFN3O/c1-17(2,3)12-20-16(23)22-9-7-21(8-10-22)11-13-14(18)5-4-6-15(13)19/h4-6H,7-12H2,1-3H3,(H,20,23). The summed E-state index contributed by atoms with van der Waals surface area (Å²) in [4.78, 5) is 16.1. The molecule has 0 unspecified atom stereocenters. The highest BCUT2D eigenvalue weighted by atomic mass is 35.5. The van der Waals surface area contributed by atoms with Crippen LogP contribution in [0.1, 0.15) is 26.3 Å². The van der Waals surface area contributed by atoms with Gasteiger partial charge in [-0.05, 0) is 17.5 Å². The number of piperazine rings is 1. The second-order valence-electron chi connectivity index (χ2n) is 7.18. The Bertz CT molecular complexity index is 531. The fourth-order valence-corrected chi connectivity index (χ4v) is 2.69. The van der Waals surface area contributed by atoms with E-state index in [0.717, 1.165) is 0 Å². The topological polar surface area (TPSA) is 35.6 Å². The third-order valence-electron chi connectivity index (χ3n) is 3.87. The van der Waals surface area contributed by atoms with Gasteiger partial charge in [-0.15, -0.1) is 0 Å². The van der Waals surface area contributed by atoms with Crippen LogP contribution in [0.15, 0.2) is 18.2 Å². The highest BCUT2D eigenvalue weighted by Gasteiger charge is 2.23. The van der Waals surface area contributed by atoms with Crippen molar-refractivity contribution in [1.82, 2.24) is 15.1 Å². The molecule has 0 aromatic heterocycles. The van der Waals surface area contributed by atoms with Gasteiger partial charge in [-0.2, -0.15) is 0 Å². The number of benzene rings is 1. The molecule has 1 fully saturated rings. The smallest absolute Gasteiger partial charge is 0.317 e. The van der Waals surface area contributed by atoms with Crippen LogP contribution in [0.4, 0.5) is 9.18 Å². The SMILES string of the molecule is CC(C)(C)CNC(=O)N1CCN(Cc2c(F)cccc2Cl)CC1. The summed E-state index contributed by atoms with van der Waals surface area (Å²) in [5, 5.41) is 3.42. The molecule has 0 radical (unpaired) electrons. The van der Waals surface area contributed by atoms with E-state index in [1.54, 1.807) is 12.1 Å². The number of hydrogen-bond acceptors (Lipinski definition) is 2. The summed E-state index contributed by atoms with van der Waals surface area (Å²) in [5.41, 5.74) is 0.596. The summed E-state index contributed by atoms with van der Waals surface area (Å²) < 4.78 is 13.8. The van der Waals surface area contributed by atoms with Gasteiger partial charge in [0.15, 0.2) is 0 Å². The van der Waals surface area contributed by atoms with Gasteiger partial charge in [0.25, 0.3) is 0 Å². The van der Waals surface area contributed by atoms with E-state index < -0.39 is 0 Å². The lowest BCUT2D eigenvalue weighted by Gasteiger charge is -2.35. The third kappa shape index (κ3) is 5.36. The summed E-state index contributed by atoms with van der Waals surface area (Å²) in [6.45, 7) is 10.1. The van der Waals surface area contributed by atoms with Crippen LogP contribution in [0.5, 0.6) is 0 Å². The molecule has 4 nitrogen and oxygen atoms in total. The number of nitrogens with one attached hydrogen (secondary N) is 1. The molecule has 0 spiro atoms. The second kappa shape index (κ2) is 7.49. The summed E-state index contributed by atoms with van der Waals surface area (Å²) in [5.74, 6) is -0.275. The van der Waals surface area contributed by atoms with Crippen LogP contribution in [-0.4, -0.2) is 48.6 Å². The molecule has 1 aliphatic rings. The zero-order chi connectivity index (χ0) is 17.0. The van der Waals surface area contributed by atoms with Crippen LogP contribution < -0.4 is 5.32 Å². The van der Waals surface area contributed by atoms with E-state index in [4.69, 9.17) is 11.6 Å². The predicted octanol–water partition coefficient (Wildman–Crippen LogP) is 3.35. The molecule has 128 valence electrons. The summed E-state index contributed by atoms with van der Waals surface area (Å²) >= 11 is 6.07. The maximum atomic E-state index is 13.8. The molecule has 1 saturated heterocycles. The van der Waals surface area contributed by atoms with E-state index in [0.29, 0.717) is 49.9 Å². The van der Waals surface area contributed by atoms with E-state index in [2.05, 4.69) is 31.0 Å². The molecule has 0 bridgehead atoms. The first-order valence-electron chi connectivity index (χ1n) is 7.94. The van der Waals surface area contributed by atoms with Crippen molar-refractivity contribution in [2.45, 2.75) is 27.3 Å². The van der Waals surface area contributed by atoms with E-state index in [1.807, 2.05) is 4.90 Å². The number of urea groups is 1. The molecule has 1 aromatic rings. The molecule has 0 aliphatic carbocycles. The van der Waals surface area contributed by atoms with Crippen molar-refractivity contribution < 1.29 is 9.18 Å². The van der Waals surface area contributed by atoms with Gasteiger partial charge in [-0.25, -0.2) is 9.18 Å². The maximum absolute atomic E-state index is 13.8. The van der Waals surface area contributed by atoms with Gasteiger partial charge in [0, 0.05) is 49.9 Å². The van der Waals surface area contributed by atoms with Crippen LogP contribution >= 0.6 is 11.6 Å². The van der Waals surface area contributed by atoms with Crippen molar-refractivity contribution >= 4 is 17.6 Å². The molecule has 2 rings (SSSR count). The number of amides is 2. The number of rotatable bonds is 3. The molecule has 1 aromatic carbocycles. The lowest BCUT2D eigenvalue weighted by Crippen LogP contribution is -2.52. The van der Waals surface area contributed by atoms with Gasteiger partial charge in [0.05, 0.1) is 0 Å². The summed E-state index contributed by atoms with van der Waals surface area (Å²) in [7, 11) is 0. The molecule has 6 heteroatoms. The lowest BCUT2D eigenvalue weighted by molar-refractivity contribution is 0.132. The molecule has 0 saturated carbocycles. The fourth-order valence-electron chi connectivity index (χ4n) is 2.47. The van der Waals surface area contributed by atoms with Gasteiger partial charge in [0.1, 0.15) is 5.82 Å². The molecule has 0 atom stereocenters. The van der Waals surface area contributed by atoms with Crippen molar-refractivity contribution in [3.8, 4) is 0 Å². The zero-order valence-corrected chi connectivity index (χ0v) is 14.8. The Morgan fingerprint density at radius 3 is 2.48 bits per heavy atom. The molecule has 23 heavy (non-hydrogen) atoms. The van der Waals surface area contributed by atoms with E-state index in [-0.39, 0.29) is 17.3 Å². The minimum atomic E-state index is -0.275. The minimum Gasteiger partial charge on any atom is -0.337 e. The Balaban J connectivity index is 1.83. The van der Waals surface area contributed by atoms with Gasteiger partial charge < -0.3 is 10.2 Å². The first-order valence-corrected chi connectivity index (χ1v) is 8.32. The van der Waals surface area contributed by atoms with Crippen molar-refractivity contribution in [3.63, 3.8) is 0 Å². The monoisotopic (exact) mass is 341 g/mol. The van der Waals surface area contributed by atoms with Crippen LogP contribution in [-0.2, 0) is 6.54 Å². The number of carbonyl (C=O) groups excluding carboxylic acids is 1. The van der Waals surface area contributed by atoms with Crippen LogP contribution in [0, 0.1) is 11.2 Å². The lowest BCUT2D eigenvalue weighted by atomic mass is 9.97.